The van der Waals surface area contributed by atoms with Crippen LogP contribution in [0.25, 0.3) is 0 Å². The fourth-order valence-corrected chi connectivity index (χ4v) is 1.54. The van der Waals surface area contributed by atoms with Gasteiger partial charge in [0.2, 0.25) is 0 Å². The summed E-state index contributed by atoms with van der Waals surface area (Å²) >= 11 is 0. The van der Waals surface area contributed by atoms with Crippen molar-refractivity contribution < 1.29 is 4.52 Å². The lowest BCUT2D eigenvalue weighted by Gasteiger charge is -2.06. The van der Waals surface area contributed by atoms with Gasteiger partial charge in [0.15, 0.2) is 5.82 Å². The fourth-order valence-electron chi connectivity index (χ4n) is 1.54. The third-order valence-corrected chi connectivity index (χ3v) is 2.34. The van der Waals surface area contributed by atoms with Crippen LogP contribution in [0.2, 0.25) is 0 Å². The first-order chi connectivity index (χ1) is 7.68. The van der Waals surface area contributed by atoms with Crippen molar-refractivity contribution in [2.75, 3.05) is 0 Å². The molecule has 86 valence electrons. The predicted octanol–water partition coefficient (Wildman–Crippen LogP) is 0.856. The van der Waals surface area contributed by atoms with Gasteiger partial charge in [0, 0.05) is 18.3 Å². The van der Waals surface area contributed by atoms with E-state index in [0.717, 1.165) is 0 Å². The second-order valence-corrected chi connectivity index (χ2v) is 3.88. The van der Waals surface area contributed by atoms with Crippen molar-refractivity contribution in [1.29, 1.82) is 0 Å². The van der Waals surface area contributed by atoms with Crippen molar-refractivity contribution in [3.05, 3.63) is 34.8 Å². The molecule has 0 spiro atoms. The molecular formula is C10H14N4O2. The summed E-state index contributed by atoms with van der Waals surface area (Å²) in [4.78, 5) is 11.4. The molecule has 0 N–H and O–H groups in total. The number of rotatable bonds is 4. The van der Waals surface area contributed by atoms with Gasteiger partial charge in [-0.15, -0.1) is 0 Å². The maximum Gasteiger partial charge on any atom is 0.441 e. The number of aryl methyl sites for hydroxylation is 1. The van der Waals surface area contributed by atoms with Gasteiger partial charge < -0.3 is 0 Å². The summed E-state index contributed by atoms with van der Waals surface area (Å²) in [5.74, 6) is 0.442. The van der Waals surface area contributed by atoms with Gasteiger partial charge in [-0.05, 0) is 6.07 Å². The highest BCUT2D eigenvalue weighted by Gasteiger charge is 2.13. The van der Waals surface area contributed by atoms with Gasteiger partial charge in [0.1, 0.15) is 0 Å². The Morgan fingerprint density at radius 1 is 1.44 bits per heavy atom. The van der Waals surface area contributed by atoms with Gasteiger partial charge in [-0.25, -0.2) is 4.79 Å². The van der Waals surface area contributed by atoms with Crippen LogP contribution in [0, 0.1) is 0 Å². The van der Waals surface area contributed by atoms with E-state index < -0.39 is 5.76 Å². The second-order valence-electron chi connectivity index (χ2n) is 3.88. The highest BCUT2D eigenvalue weighted by Crippen LogP contribution is 2.09. The van der Waals surface area contributed by atoms with E-state index in [1.165, 1.54) is 0 Å². The van der Waals surface area contributed by atoms with Crippen molar-refractivity contribution >= 4 is 0 Å². The van der Waals surface area contributed by atoms with Crippen LogP contribution in [-0.2, 0) is 13.1 Å². The lowest BCUT2D eigenvalue weighted by Crippen LogP contribution is -2.21. The SMILES string of the molecule is CC(C)c1noc(=O)n1CCn1cccn1. The average Bonchev–Trinajstić information content (AvgIpc) is 2.84. The topological polar surface area (TPSA) is 65.8 Å². The molecule has 0 bridgehead atoms. The Labute approximate surface area is 92.5 Å². The number of hydrogen-bond donors (Lipinski definition) is 0. The van der Waals surface area contributed by atoms with E-state index in [4.69, 9.17) is 0 Å². The van der Waals surface area contributed by atoms with E-state index in [9.17, 15) is 4.79 Å². The molecule has 16 heavy (non-hydrogen) atoms. The molecular weight excluding hydrogens is 208 g/mol. The highest BCUT2D eigenvalue weighted by atomic mass is 16.5. The highest BCUT2D eigenvalue weighted by molar-refractivity contribution is 4.90. The maximum atomic E-state index is 11.4. The van der Waals surface area contributed by atoms with Crippen molar-refractivity contribution in [1.82, 2.24) is 19.5 Å². The van der Waals surface area contributed by atoms with Crippen molar-refractivity contribution in [3.8, 4) is 0 Å². The largest absolute Gasteiger partial charge is 0.441 e. The first-order valence-corrected chi connectivity index (χ1v) is 5.22. The molecule has 0 atom stereocenters. The van der Waals surface area contributed by atoms with Gasteiger partial charge in [-0.2, -0.15) is 5.10 Å². The molecule has 0 saturated heterocycles. The first-order valence-electron chi connectivity index (χ1n) is 5.22. The predicted molar refractivity (Wildman–Crippen MR) is 57.1 cm³/mol. The van der Waals surface area contributed by atoms with E-state index in [1.807, 2.05) is 26.1 Å². The monoisotopic (exact) mass is 222 g/mol. The molecule has 0 unspecified atom stereocenters. The van der Waals surface area contributed by atoms with Crippen LogP contribution in [0.4, 0.5) is 0 Å². The van der Waals surface area contributed by atoms with Crippen molar-refractivity contribution in [2.45, 2.75) is 32.9 Å². The summed E-state index contributed by atoms with van der Waals surface area (Å²) in [5.41, 5.74) is 0. The van der Waals surface area contributed by atoms with Crippen molar-refractivity contribution in [2.24, 2.45) is 0 Å². The number of nitrogens with zero attached hydrogens (tertiary/aromatic N) is 4. The zero-order valence-corrected chi connectivity index (χ0v) is 9.33. The van der Waals surface area contributed by atoms with E-state index >= 15 is 0 Å². The van der Waals surface area contributed by atoms with Crippen molar-refractivity contribution in [3.63, 3.8) is 0 Å². The van der Waals surface area contributed by atoms with Crippen LogP contribution in [-0.4, -0.2) is 19.5 Å². The molecule has 2 aromatic heterocycles. The molecule has 0 radical (unpaired) electrons. The van der Waals surface area contributed by atoms with Gasteiger partial charge in [0.25, 0.3) is 0 Å². The quantitative estimate of drug-likeness (QED) is 0.769. The lowest BCUT2D eigenvalue weighted by atomic mass is 10.2. The molecule has 0 saturated carbocycles. The zero-order valence-electron chi connectivity index (χ0n) is 9.33. The van der Waals surface area contributed by atoms with Gasteiger partial charge in [0.05, 0.1) is 13.1 Å². The van der Waals surface area contributed by atoms with Gasteiger partial charge >= 0.3 is 5.76 Å². The fraction of sp³-hybridized carbons (Fsp3) is 0.500. The minimum Gasteiger partial charge on any atom is -0.296 e. The Balaban J connectivity index is 2.14. The number of aromatic nitrogens is 4. The molecule has 2 rings (SSSR count). The smallest absolute Gasteiger partial charge is 0.296 e. The van der Waals surface area contributed by atoms with Crippen LogP contribution >= 0.6 is 0 Å². The Kier molecular flexibility index (Phi) is 2.89. The second kappa shape index (κ2) is 4.34. The van der Waals surface area contributed by atoms with E-state index in [2.05, 4.69) is 14.8 Å². The Morgan fingerprint density at radius 3 is 2.88 bits per heavy atom. The summed E-state index contributed by atoms with van der Waals surface area (Å²) in [6, 6.07) is 1.85. The molecule has 6 heteroatoms. The molecule has 0 aromatic carbocycles. The maximum absolute atomic E-state index is 11.4. The van der Waals surface area contributed by atoms with Gasteiger partial charge in [-0.1, -0.05) is 19.0 Å². The summed E-state index contributed by atoms with van der Waals surface area (Å²) in [6.07, 6.45) is 3.56. The minimum atomic E-state index is -0.407. The Hall–Kier alpha value is -1.85. The molecule has 0 aliphatic carbocycles. The van der Waals surface area contributed by atoms with Crippen LogP contribution in [0.3, 0.4) is 0 Å². The molecule has 2 aromatic rings. The summed E-state index contributed by atoms with van der Waals surface area (Å²) in [7, 11) is 0. The van der Waals surface area contributed by atoms with Gasteiger partial charge in [-0.3, -0.25) is 13.8 Å². The summed E-state index contributed by atoms with van der Waals surface area (Å²) in [6.45, 7) is 5.11. The Bertz CT molecular complexity index is 495. The van der Waals surface area contributed by atoms with Crippen LogP contribution < -0.4 is 5.76 Å². The zero-order chi connectivity index (χ0) is 11.5. The molecule has 0 aliphatic rings. The standard InChI is InChI=1S/C10H14N4O2/c1-8(2)9-12-16-10(15)14(9)7-6-13-5-3-4-11-13/h3-5,8H,6-7H2,1-2H3. The van der Waals surface area contributed by atoms with E-state index in [-0.39, 0.29) is 5.92 Å². The third-order valence-electron chi connectivity index (χ3n) is 2.34. The molecule has 6 nitrogen and oxygen atoms in total. The van der Waals surface area contributed by atoms with Crippen LogP contribution in [0.1, 0.15) is 25.6 Å². The molecule has 2 heterocycles. The molecule has 0 aliphatic heterocycles. The van der Waals surface area contributed by atoms with Crippen LogP contribution in [0.15, 0.2) is 27.8 Å². The van der Waals surface area contributed by atoms with Crippen LogP contribution in [0.5, 0.6) is 0 Å². The number of hydrogen-bond acceptors (Lipinski definition) is 4. The molecule has 0 amide bonds. The summed E-state index contributed by atoms with van der Waals surface area (Å²) in [5, 5.41) is 7.83. The Morgan fingerprint density at radius 2 is 2.25 bits per heavy atom. The van der Waals surface area contributed by atoms with E-state index in [1.54, 1.807) is 15.4 Å². The average molecular weight is 222 g/mol. The minimum absolute atomic E-state index is 0.170. The third kappa shape index (κ3) is 2.05. The summed E-state index contributed by atoms with van der Waals surface area (Å²) < 4.78 is 7.97. The first kappa shape index (κ1) is 10.7. The lowest BCUT2D eigenvalue weighted by molar-refractivity contribution is 0.369. The van der Waals surface area contributed by atoms with E-state index in [0.29, 0.717) is 18.9 Å². The normalized spacial score (nSPS) is 11.2. The molecule has 0 fully saturated rings.